The molecule has 0 fully saturated rings. The third-order valence-corrected chi connectivity index (χ3v) is 1.75. The van der Waals surface area contributed by atoms with Gasteiger partial charge in [0.1, 0.15) is 5.76 Å². The van der Waals surface area contributed by atoms with E-state index >= 15 is 0 Å². The number of ether oxygens (including phenoxy) is 1. The molecule has 5 heteroatoms. The van der Waals surface area contributed by atoms with Gasteiger partial charge in [-0.2, -0.15) is 0 Å². The smallest absolute Gasteiger partial charge is 0.243 e. The van der Waals surface area contributed by atoms with E-state index in [1.165, 1.54) is 0 Å². The van der Waals surface area contributed by atoms with Crippen LogP contribution in [0, 0.1) is 0 Å². The minimum absolute atomic E-state index is 0.164. The van der Waals surface area contributed by atoms with E-state index in [9.17, 15) is 4.79 Å². The molecule has 1 rings (SSSR count). The Morgan fingerprint density at radius 1 is 1.53 bits per heavy atom. The zero-order valence-electron chi connectivity index (χ0n) is 8.69. The van der Waals surface area contributed by atoms with E-state index in [0.717, 1.165) is 5.76 Å². The van der Waals surface area contributed by atoms with Crippen molar-refractivity contribution >= 4 is 5.91 Å². The van der Waals surface area contributed by atoms with Crippen molar-refractivity contribution in [3.8, 4) is 0 Å². The topological polar surface area (TPSA) is 60.7 Å². The van der Waals surface area contributed by atoms with E-state index in [2.05, 4.69) is 5.48 Å². The molecule has 5 nitrogen and oxygen atoms in total. The van der Waals surface area contributed by atoms with Gasteiger partial charge in [0, 0.05) is 20.0 Å². The first kappa shape index (κ1) is 11.7. The molecule has 0 spiro atoms. The van der Waals surface area contributed by atoms with Crippen LogP contribution in [0.4, 0.5) is 0 Å². The summed E-state index contributed by atoms with van der Waals surface area (Å²) in [7, 11) is 1.57. The lowest BCUT2D eigenvalue weighted by Crippen LogP contribution is -2.25. The van der Waals surface area contributed by atoms with Crippen LogP contribution in [-0.2, 0) is 20.8 Å². The average molecular weight is 213 g/mol. The summed E-state index contributed by atoms with van der Waals surface area (Å²) in [6, 6.07) is 3.63. The lowest BCUT2D eigenvalue weighted by Gasteiger charge is -2.04. The summed E-state index contributed by atoms with van der Waals surface area (Å²) in [5, 5.41) is 0. The Morgan fingerprint density at radius 2 is 2.40 bits per heavy atom. The van der Waals surface area contributed by atoms with Crippen molar-refractivity contribution in [1.29, 1.82) is 0 Å². The summed E-state index contributed by atoms with van der Waals surface area (Å²) in [6.45, 7) is 0.807. The van der Waals surface area contributed by atoms with Gasteiger partial charge in [-0.1, -0.05) is 0 Å². The van der Waals surface area contributed by atoms with E-state index in [1.807, 2.05) is 6.07 Å². The molecule has 15 heavy (non-hydrogen) atoms. The minimum Gasteiger partial charge on any atom is -0.469 e. The van der Waals surface area contributed by atoms with Crippen molar-refractivity contribution in [3.05, 3.63) is 24.2 Å². The number of amides is 1. The van der Waals surface area contributed by atoms with Crippen molar-refractivity contribution < 1.29 is 18.8 Å². The normalized spacial score (nSPS) is 10.2. The van der Waals surface area contributed by atoms with E-state index < -0.39 is 0 Å². The third kappa shape index (κ3) is 5.19. The first-order chi connectivity index (χ1) is 7.33. The Hall–Kier alpha value is -1.33. The van der Waals surface area contributed by atoms with E-state index in [0.29, 0.717) is 26.1 Å². The summed E-state index contributed by atoms with van der Waals surface area (Å²) >= 11 is 0. The Morgan fingerprint density at radius 3 is 3.07 bits per heavy atom. The van der Waals surface area contributed by atoms with Crippen molar-refractivity contribution in [2.45, 2.75) is 12.8 Å². The number of carbonyl (C=O) groups is 1. The van der Waals surface area contributed by atoms with Crippen molar-refractivity contribution in [2.75, 3.05) is 20.3 Å². The molecule has 1 N–H and O–H groups in total. The number of rotatable bonds is 7. The highest BCUT2D eigenvalue weighted by molar-refractivity contribution is 5.74. The molecular formula is C10H15NO4. The largest absolute Gasteiger partial charge is 0.469 e. The summed E-state index contributed by atoms with van der Waals surface area (Å²) in [6.07, 6.45) is 2.51. The molecule has 0 unspecified atom stereocenters. The molecule has 1 heterocycles. The molecule has 0 saturated heterocycles. The molecule has 0 aromatic carbocycles. The standard InChI is InChI=1S/C10H15NO4/c1-13-7-8-15-11-10(12)5-4-9-3-2-6-14-9/h2-3,6H,4-5,7-8H2,1H3,(H,11,12). The predicted molar refractivity (Wildman–Crippen MR) is 53.0 cm³/mol. The van der Waals surface area contributed by atoms with Crippen LogP contribution >= 0.6 is 0 Å². The second-order valence-corrected chi connectivity index (χ2v) is 2.95. The fraction of sp³-hybridized carbons (Fsp3) is 0.500. The molecule has 1 amide bonds. The van der Waals surface area contributed by atoms with Crippen LogP contribution in [0.1, 0.15) is 12.2 Å². The Bertz CT molecular complexity index is 271. The van der Waals surface area contributed by atoms with E-state index in [1.54, 1.807) is 19.4 Å². The SMILES string of the molecule is COCCONC(=O)CCc1ccco1. The number of hydrogen-bond donors (Lipinski definition) is 1. The van der Waals surface area contributed by atoms with Gasteiger partial charge < -0.3 is 9.15 Å². The summed E-state index contributed by atoms with van der Waals surface area (Å²) in [4.78, 5) is 16.0. The molecule has 0 bridgehead atoms. The predicted octanol–water partition coefficient (Wildman–Crippen LogP) is 0.906. The number of methoxy groups -OCH3 is 1. The number of hydroxylamine groups is 1. The zero-order chi connectivity index (χ0) is 10.9. The van der Waals surface area contributed by atoms with E-state index in [-0.39, 0.29) is 5.91 Å². The van der Waals surface area contributed by atoms with Crippen LogP contribution in [0.25, 0.3) is 0 Å². The fourth-order valence-corrected chi connectivity index (χ4v) is 0.999. The molecule has 1 aromatic heterocycles. The second kappa shape index (κ2) is 7.03. The number of hydrogen-bond acceptors (Lipinski definition) is 4. The van der Waals surface area contributed by atoms with Gasteiger partial charge in [-0.05, 0) is 12.1 Å². The maximum Gasteiger partial charge on any atom is 0.243 e. The van der Waals surface area contributed by atoms with Gasteiger partial charge >= 0.3 is 0 Å². The monoisotopic (exact) mass is 213 g/mol. The summed E-state index contributed by atoms with van der Waals surface area (Å²) in [5.74, 6) is 0.629. The number of furan rings is 1. The Balaban J connectivity index is 2.04. The zero-order valence-corrected chi connectivity index (χ0v) is 8.69. The lowest BCUT2D eigenvalue weighted by atomic mass is 10.2. The molecule has 1 aromatic rings. The van der Waals surface area contributed by atoms with E-state index in [4.69, 9.17) is 14.0 Å². The van der Waals surface area contributed by atoms with Crippen LogP contribution in [0.15, 0.2) is 22.8 Å². The van der Waals surface area contributed by atoms with Crippen molar-refractivity contribution in [3.63, 3.8) is 0 Å². The third-order valence-electron chi connectivity index (χ3n) is 1.75. The lowest BCUT2D eigenvalue weighted by molar-refractivity contribution is -0.134. The minimum atomic E-state index is -0.164. The molecule has 0 radical (unpaired) electrons. The van der Waals surface area contributed by atoms with Crippen LogP contribution in [0.3, 0.4) is 0 Å². The maximum absolute atomic E-state index is 11.2. The molecule has 0 aliphatic rings. The number of aryl methyl sites for hydroxylation is 1. The van der Waals surface area contributed by atoms with Crippen LogP contribution < -0.4 is 5.48 Å². The molecule has 0 saturated carbocycles. The van der Waals surface area contributed by atoms with Gasteiger partial charge in [-0.25, -0.2) is 5.48 Å². The van der Waals surface area contributed by atoms with Crippen LogP contribution in [0.2, 0.25) is 0 Å². The average Bonchev–Trinajstić information content (AvgIpc) is 2.74. The Labute approximate surface area is 88.3 Å². The quantitative estimate of drug-likeness (QED) is 0.540. The highest BCUT2D eigenvalue weighted by atomic mass is 16.7. The second-order valence-electron chi connectivity index (χ2n) is 2.95. The van der Waals surface area contributed by atoms with Gasteiger partial charge in [-0.3, -0.25) is 9.63 Å². The summed E-state index contributed by atoms with van der Waals surface area (Å²) in [5.41, 5.74) is 2.32. The molecule has 0 atom stereocenters. The first-order valence-corrected chi connectivity index (χ1v) is 4.75. The first-order valence-electron chi connectivity index (χ1n) is 4.75. The van der Waals surface area contributed by atoms with Crippen molar-refractivity contribution in [1.82, 2.24) is 5.48 Å². The fourth-order valence-electron chi connectivity index (χ4n) is 0.999. The highest BCUT2D eigenvalue weighted by Gasteiger charge is 2.03. The van der Waals surface area contributed by atoms with Gasteiger partial charge in [0.25, 0.3) is 0 Å². The molecule has 84 valence electrons. The molecule has 0 aliphatic carbocycles. The summed E-state index contributed by atoms with van der Waals surface area (Å²) < 4.78 is 9.84. The van der Waals surface area contributed by atoms with Crippen LogP contribution in [0.5, 0.6) is 0 Å². The number of nitrogens with one attached hydrogen (secondary N) is 1. The van der Waals surface area contributed by atoms with Gasteiger partial charge in [0.15, 0.2) is 0 Å². The molecule has 0 aliphatic heterocycles. The maximum atomic E-state index is 11.2. The molecular weight excluding hydrogens is 198 g/mol. The van der Waals surface area contributed by atoms with Crippen molar-refractivity contribution in [2.24, 2.45) is 0 Å². The van der Waals surface area contributed by atoms with Gasteiger partial charge in [0.05, 0.1) is 19.5 Å². The number of carbonyl (C=O) groups excluding carboxylic acids is 1. The van der Waals surface area contributed by atoms with Crippen LogP contribution in [-0.4, -0.2) is 26.2 Å². The van der Waals surface area contributed by atoms with Gasteiger partial charge in [-0.15, -0.1) is 0 Å². The highest BCUT2D eigenvalue weighted by Crippen LogP contribution is 2.02. The Kier molecular flexibility index (Phi) is 5.50. The van der Waals surface area contributed by atoms with Gasteiger partial charge in [0.2, 0.25) is 5.91 Å².